The van der Waals surface area contributed by atoms with Crippen LogP contribution in [0.3, 0.4) is 0 Å². The van der Waals surface area contributed by atoms with Crippen LogP contribution in [-0.2, 0) is 0 Å². The first-order valence-corrected chi connectivity index (χ1v) is 10.1. The fourth-order valence-corrected chi connectivity index (χ4v) is 3.42. The van der Waals surface area contributed by atoms with Crippen molar-refractivity contribution in [3.63, 3.8) is 0 Å². The molecule has 0 bridgehead atoms. The van der Waals surface area contributed by atoms with Crippen LogP contribution in [0, 0.1) is 11.3 Å². The van der Waals surface area contributed by atoms with Crippen molar-refractivity contribution in [1.82, 2.24) is 4.98 Å². The largest absolute Gasteiger partial charge is 0.493 e. The predicted molar refractivity (Wildman–Crippen MR) is 117 cm³/mol. The second kappa shape index (κ2) is 8.93. The van der Waals surface area contributed by atoms with Gasteiger partial charge in [0.1, 0.15) is 11.9 Å². The topological polar surface area (TPSA) is 80.3 Å². The molecule has 1 aliphatic heterocycles. The van der Waals surface area contributed by atoms with Gasteiger partial charge in [-0.25, -0.2) is 4.98 Å². The summed E-state index contributed by atoms with van der Waals surface area (Å²) in [5.74, 6) is 2.97. The summed E-state index contributed by atoms with van der Waals surface area (Å²) in [6, 6.07) is 15.3. The Hall–Kier alpha value is -3.43. The number of hydrogen-bond donors (Lipinski definition) is 1. The molecule has 1 aliphatic carbocycles. The zero-order valence-electron chi connectivity index (χ0n) is 16.4. The molecular weight excluding hydrogens is 402 g/mol. The summed E-state index contributed by atoms with van der Waals surface area (Å²) in [5, 5.41) is 13.7. The molecule has 6 nitrogen and oxygen atoms in total. The van der Waals surface area contributed by atoms with E-state index in [0.29, 0.717) is 46.6 Å². The lowest BCUT2D eigenvalue weighted by Gasteiger charge is -2.13. The van der Waals surface area contributed by atoms with E-state index in [1.54, 1.807) is 19.4 Å². The summed E-state index contributed by atoms with van der Waals surface area (Å²) < 4.78 is 16.9. The molecule has 7 heteroatoms. The van der Waals surface area contributed by atoms with Gasteiger partial charge in [-0.3, -0.25) is 0 Å². The van der Waals surface area contributed by atoms with Crippen molar-refractivity contribution in [3.8, 4) is 28.9 Å². The molecule has 0 fully saturated rings. The van der Waals surface area contributed by atoms with Crippen molar-refractivity contribution in [1.29, 1.82) is 5.26 Å². The van der Waals surface area contributed by atoms with Crippen molar-refractivity contribution < 1.29 is 13.9 Å². The number of fused-ring (bicyclic) bond motifs is 2. The minimum atomic E-state index is 0.422. The van der Waals surface area contributed by atoms with E-state index in [4.69, 9.17) is 25.5 Å². The molecule has 0 unspecified atom stereocenters. The molecule has 2 aromatic rings. The predicted octanol–water partition coefficient (Wildman–Crippen LogP) is 5.95. The van der Waals surface area contributed by atoms with E-state index in [0.717, 1.165) is 29.5 Å². The Balaban J connectivity index is 1.70. The lowest BCUT2D eigenvalue weighted by atomic mass is 10.1. The molecular formula is C23H20ClN3O3. The Bertz CT molecular complexity index is 1180. The molecule has 1 N–H and O–H groups in total. The Kier molecular flexibility index (Phi) is 5.92. The SMILES string of the molecule is COc1cc2cc(C#N)c(Nc3ccc4cccoc3-4)nc2cc1OCCCCCl. The first-order valence-electron chi connectivity index (χ1n) is 9.58. The molecule has 0 saturated carbocycles. The monoisotopic (exact) mass is 421 g/mol. The summed E-state index contributed by atoms with van der Waals surface area (Å²) in [4.78, 5) is 4.68. The number of halogens is 1. The van der Waals surface area contributed by atoms with Crippen molar-refractivity contribution in [3.05, 3.63) is 54.3 Å². The number of rotatable bonds is 8. The van der Waals surface area contributed by atoms with Crippen LogP contribution >= 0.6 is 11.6 Å². The molecule has 4 rings (SSSR count). The average molecular weight is 422 g/mol. The van der Waals surface area contributed by atoms with Gasteiger partial charge in [0.2, 0.25) is 0 Å². The first-order chi connectivity index (χ1) is 14.7. The number of methoxy groups -OCH3 is 1. The third-order valence-corrected chi connectivity index (χ3v) is 5.00. The van der Waals surface area contributed by atoms with Gasteiger partial charge in [-0.2, -0.15) is 5.26 Å². The van der Waals surface area contributed by atoms with Gasteiger partial charge in [0, 0.05) is 22.9 Å². The van der Waals surface area contributed by atoms with E-state index in [1.165, 1.54) is 0 Å². The van der Waals surface area contributed by atoms with Crippen LogP contribution in [0.2, 0.25) is 0 Å². The Morgan fingerprint density at radius 3 is 2.87 bits per heavy atom. The molecule has 0 amide bonds. The number of ether oxygens (including phenoxy) is 2. The Morgan fingerprint density at radius 1 is 1.17 bits per heavy atom. The highest BCUT2D eigenvalue weighted by molar-refractivity contribution is 6.17. The molecule has 1 aromatic carbocycles. The highest BCUT2D eigenvalue weighted by Crippen LogP contribution is 2.36. The zero-order valence-corrected chi connectivity index (χ0v) is 17.2. The van der Waals surface area contributed by atoms with Gasteiger partial charge in [0.25, 0.3) is 0 Å². The quantitative estimate of drug-likeness (QED) is 0.279. The lowest BCUT2D eigenvalue weighted by molar-refractivity contribution is 0.289. The Morgan fingerprint density at radius 2 is 2.07 bits per heavy atom. The smallest absolute Gasteiger partial charge is 0.163 e. The van der Waals surface area contributed by atoms with Gasteiger partial charge < -0.3 is 19.2 Å². The standard InChI is InChI=1S/C23H20ClN3O3/c1-28-20-12-16-11-17(14-25)23(26-18-7-6-15-5-4-10-30-22(15)18)27-19(16)13-21(20)29-9-3-2-8-24/h4-7,10-13H,2-3,8-9H2,1H3,(H,26,27). The van der Waals surface area contributed by atoms with E-state index in [9.17, 15) is 5.26 Å². The number of nitrogens with one attached hydrogen (secondary N) is 1. The van der Waals surface area contributed by atoms with Crippen LogP contribution < -0.4 is 14.8 Å². The molecule has 2 heterocycles. The highest BCUT2D eigenvalue weighted by Gasteiger charge is 2.16. The van der Waals surface area contributed by atoms with Crippen LogP contribution in [0.5, 0.6) is 11.5 Å². The maximum absolute atomic E-state index is 9.65. The van der Waals surface area contributed by atoms with Crippen molar-refractivity contribution in [2.24, 2.45) is 0 Å². The highest BCUT2D eigenvalue weighted by atomic mass is 35.5. The number of benzene rings is 1. The van der Waals surface area contributed by atoms with Crippen LogP contribution in [0.15, 0.2) is 53.1 Å². The summed E-state index contributed by atoms with van der Waals surface area (Å²) in [7, 11) is 1.59. The fourth-order valence-electron chi connectivity index (χ4n) is 3.23. The third-order valence-electron chi connectivity index (χ3n) is 4.74. The summed E-state index contributed by atoms with van der Waals surface area (Å²) in [6.07, 6.45) is 3.35. The Labute approximate surface area is 179 Å². The summed E-state index contributed by atoms with van der Waals surface area (Å²) in [6.45, 7) is 0.539. The van der Waals surface area contributed by atoms with Crippen LogP contribution in [-0.4, -0.2) is 24.6 Å². The number of hydrogen-bond acceptors (Lipinski definition) is 6. The molecule has 0 saturated heterocycles. The number of aromatic nitrogens is 1. The lowest BCUT2D eigenvalue weighted by Crippen LogP contribution is -2.01. The van der Waals surface area contributed by atoms with Crippen LogP contribution in [0.1, 0.15) is 18.4 Å². The zero-order chi connectivity index (χ0) is 20.9. The number of alkyl halides is 1. The van der Waals surface area contributed by atoms with Gasteiger partial charge in [-0.05, 0) is 49.2 Å². The van der Waals surface area contributed by atoms with Gasteiger partial charge in [0.15, 0.2) is 17.3 Å². The number of nitrogens with zero attached hydrogens (tertiary/aromatic N) is 2. The minimum Gasteiger partial charge on any atom is -0.493 e. The molecule has 1 aromatic heterocycles. The molecule has 30 heavy (non-hydrogen) atoms. The fraction of sp³-hybridized carbons (Fsp3) is 0.217. The third kappa shape index (κ3) is 3.98. The molecule has 0 spiro atoms. The molecule has 0 atom stereocenters. The van der Waals surface area contributed by atoms with Gasteiger partial charge in [0.05, 0.1) is 36.7 Å². The van der Waals surface area contributed by atoms with E-state index in [1.807, 2.05) is 36.4 Å². The second-order valence-corrected chi connectivity index (χ2v) is 7.08. The van der Waals surface area contributed by atoms with E-state index >= 15 is 0 Å². The first kappa shape index (κ1) is 19.9. The minimum absolute atomic E-state index is 0.422. The maximum Gasteiger partial charge on any atom is 0.163 e. The van der Waals surface area contributed by atoms with Crippen LogP contribution in [0.4, 0.5) is 11.5 Å². The van der Waals surface area contributed by atoms with E-state index in [2.05, 4.69) is 16.4 Å². The number of unbranched alkanes of at least 4 members (excludes halogenated alkanes) is 1. The molecule has 2 aliphatic rings. The average Bonchev–Trinajstić information content (AvgIpc) is 3.18. The molecule has 152 valence electrons. The number of anilines is 2. The normalized spacial score (nSPS) is 10.8. The van der Waals surface area contributed by atoms with E-state index in [-0.39, 0.29) is 0 Å². The number of pyridine rings is 1. The van der Waals surface area contributed by atoms with Gasteiger partial charge in [-0.1, -0.05) is 0 Å². The molecule has 0 radical (unpaired) electrons. The van der Waals surface area contributed by atoms with Crippen molar-refractivity contribution in [2.45, 2.75) is 12.8 Å². The number of nitriles is 1. The summed E-state index contributed by atoms with van der Waals surface area (Å²) >= 11 is 5.73. The van der Waals surface area contributed by atoms with E-state index < -0.39 is 0 Å². The van der Waals surface area contributed by atoms with Gasteiger partial charge in [-0.15, -0.1) is 11.6 Å². The summed E-state index contributed by atoms with van der Waals surface area (Å²) in [5.41, 5.74) is 2.83. The second-order valence-electron chi connectivity index (χ2n) is 6.71. The van der Waals surface area contributed by atoms with Crippen molar-refractivity contribution in [2.75, 3.05) is 24.9 Å². The van der Waals surface area contributed by atoms with Crippen molar-refractivity contribution >= 4 is 34.0 Å². The van der Waals surface area contributed by atoms with Crippen LogP contribution in [0.25, 0.3) is 22.2 Å². The maximum atomic E-state index is 9.65. The van der Waals surface area contributed by atoms with Gasteiger partial charge >= 0.3 is 0 Å².